The fourth-order valence-corrected chi connectivity index (χ4v) is 2.91. The van der Waals surface area contributed by atoms with Gasteiger partial charge in [-0.05, 0) is 25.0 Å². The van der Waals surface area contributed by atoms with Crippen molar-refractivity contribution >= 4 is 17.3 Å². The van der Waals surface area contributed by atoms with Crippen LogP contribution in [0.15, 0.2) is 12.1 Å². The van der Waals surface area contributed by atoms with E-state index in [0.29, 0.717) is 12.3 Å². The van der Waals surface area contributed by atoms with Gasteiger partial charge in [-0.2, -0.15) is 0 Å². The maximum absolute atomic E-state index is 10.5. The number of thiophene rings is 1. The van der Waals surface area contributed by atoms with Crippen molar-refractivity contribution < 1.29 is 9.90 Å². The Labute approximate surface area is 93.3 Å². The van der Waals surface area contributed by atoms with Gasteiger partial charge in [0.25, 0.3) is 0 Å². The summed E-state index contributed by atoms with van der Waals surface area (Å²) in [7, 11) is 0. The van der Waals surface area contributed by atoms with Gasteiger partial charge in [-0.25, -0.2) is 0 Å². The molecule has 1 aliphatic heterocycles. The molecule has 0 spiro atoms. The third kappa shape index (κ3) is 2.79. The number of hydrogen-bond acceptors (Lipinski definition) is 3. The van der Waals surface area contributed by atoms with E-state index in [9.17, 15) is 4.79 Å². The van der Waals surface area contributed by atoms with Gasteiger partial charge in [0.05, 0.1) is 6.42 Å². The van der Waals surface area contributed by atoms with Gasteiger partial charge >= 0.3 is 5.97 Å². The number of carboxylic acids is 1. The first kappa shape index (κ1) is 10.6. The first-order valence-corrected chi connectivity index (χ1v) is 5.94. The lowest BCUT2D eigenvalue weighted by Crippen LogP contribution is -2.46. The Balaban J connectivity index is 1.74. The smallest absolute Gasteiger partial charge is 0.303 e. The van der Waals surface area contributed by atoms with E-state index in [-0.39, 0.29) is 0 Å². The van der Waals surface area contributed by atoms with Gasteiger partial charge in [0.15, 0.2) is 0 Å². The van der Waals surface area contributed by atoms with Crippen molar-refractivity contribution in [1.29, 1.82) is 0 Å². The average molecular weight is 225 g/mol. The van der Waals surface area contributed by atoms with E-state index < -0.39 is 5.97 Å². The lowest BCUT2D eigenvalue weighted by atomic mass is 9.96. The number of aryl methyl sites for hydroxylation is 1. The molecule has 15 heavy (non-hydrogen) atoms. The van der Waals surface area contributed by atoms with E-state index in [1.165, 1.54) is 9.75 Å². The van der Waals surface area contributed by atoms with Crippen molar-refractivity contribution in [3.05, 3.63) is 21.9 Å². The monoisotopic (exact) mass is 225 g/mol. The number of carbonyl (C=O) groups is 1. The minimum absolute atomic E-state index is 0.319. The molecule has 1 N–H and O–H groups in total. The molecule has 0 aromatic carbocycles. The number of nitrogens with zero attached hydrogens (tertiary/aromatic N) is 1. The van der Waals surface area contributed by atoms with Crippen molar-refractivity contribution in [3.63, 3.8) is 0 Å². The van der Waals surface area contributed by atoms with Crippen LogP contribution in [0, 0.1) is 12.8 Å². The van der Waals surface area contributed by atoms with Crippen LogP contribution in [-0.4, -0.2) is 29.1 Å². The second kappa shape index (κ2) is 4.33. The van der Waals surface area contributed by atoms with Gasteiger partial charge in [-0.3, -0.25) is 9.69 Å². The zero-order valence-corrected chi connectivity index (χ0v) is 9.59. The lowest BCUT2D eigenvalue weighted by Gasteiger charge is -2.38. The van der Waals surface area contributed by atoms with Crippen molar-refractivity contribution in [3.8, 4) is 0 Å². The molecule has 82 valence electrons. The van der Waals surface area contributed by atoms with E-state index >= 15 is 0 Å². The summed E-state index contributed by atoms with van der Waals surface area (Å²) in [6, 6.07) is 4.29. The van der Waals surface area contributed by atoms with Crippen LogP contribution in [0.2, 0.25) is 0 Å². The van der Waals surface area contributed by atoms with Crippen LogP contribution in [0.1, 0.15) is 16.2 Å². The first-order valence-electron chi connectivity index (χ1n) is 5.13. The third-order valence-electron chi connectivity index (χ3n) is 2.67. The summed E-state index contributed by atoms with van der Waals surface area (Å²) in [5, 5.41) is 8.61. The molecule has 1 aliphatic rings. The van der Waals surface area contributed by atoms with Crippen molar-refractivity contribution in [1.82, 2.24) is 4.90 Å². The van der Waals surface area contributed by atoms with Crippen LogP contribution in [0.25, 0.3) is 0 Å². The molecule has 1 aromatic heterocycles. The zero-order chi connectivity index (χ0) is 10.8. The fourth-order valence-electron chi connectivity index (χ4n) is 1.97. The Bertz CT molecular complexity index is 355. The molecule has 0 radical (unpaired) electrons. The molecule has 2 rings (SSSR count). The largest absolute Gasteiger partial charge is 0.481 e. The number of carboxylic acid groups (broad SMARTS) is 1. The number of hydrogen-bond donors (Lipinski definition) is 1. The first-order chi connectivity index (χ1) is 7.13. The molecule has 0 unspecified atom stereocenters. The number of aliphatic carboxylic acids is 1. The predicted molar refractivity (Wildman–Crippen MR) is 60.1 cm³/mol. The van der Waals surface area contributed by atoms with E-state index in [4.69, 9.17) is 5.11 Å². The molecule has 0 aliphatic carbocycles. The molecule has 4 heteroatoms. The minimum Gasteiger partial charge on any atom is -0.481 e. The summed E-state index contributed by atoms with van der Waals surface area (Å²) in [4.78, 5) is 15.5. The molecular formula is C11H15NO2S. The molecule has 3 nitrogen and oxygen atoms in total. The third-order valence-corrected chi connectivity index (χ3v) is 3.66. The Hall–Kier alpha value is -0.870. The van der Waals surface area contributed by atoms with E-state index in [1.54, 1.807) is 0 Å². The maximum atomic E-state index is 10.5. The summed E-state index contributed by atoms with van der Waals surface area (Å²) in [5.41, 5.74) is 0. The predicted octanol–water partition coefficient (Wildman–Crippen LogP) is 1.96. The highest BCUT2D eigenvalue weighted by Gasteiger charge is 2.28. The van der Waals surface area contributed by atoms with Crippen LogP contribution in [0.5, 0.6) is 0 Å². The molecule has 0 amide bonds. The van der Waals surface area contributed by atoms with Gasteiger partial charge in [-0.15, -0.1) is 11.3 Å². The molecule has 1 saturated heterocycles. The van der Waals surface area contributed by atoms with Gasteiger partial charge < -0.3 is 5.11 Å². The summed E-state index contributed by atoms with van der Waals surface area (Å²) in [6.07, 6.45) is 0.319. The highest BCUT2D eigenvalue weighted by molar-refractivity contribution is 7.11. The molecular weight excluding hydrogens is 210 g/mol. The van der Waals surface area contributed by atoms with E-state index in [1.807, 2.05) is 11.3 Å². The highest BCUT2D eigenvalue weighted by atomic mass is 32.1. The lowest BCUT2D eigenvalue weighted by molar-refractivity contribution is -0.139. The van der Waals surface area contributed by atoms with Crippen molar-refractivity contribution in [2.75, 3.05) is 13.1 Å². The fraction of sp³-hybridized carbons (Fsp3) is 0.545. The molecule has 0 bridgehead atoms. The summed E-state index contributed by atoms with van der Waals surface area (Å²) in [5.74, 6) is -0.310. The van der Waals surface area contributed by atoms with Gasteiger partial charge in [-0.1, -0.05) is 0 Å². The molecule has 1 aromatic rings. The number of likely N-dealkylation sites (tertiary alicyclic amines) is 1. The van der Waals surface area contributed by atoms with Crippen LogP contribution >= 0.6 is 11.3 Å². The standard InChI is InChI=1S/C11H15NO2S/c1-8-2-3-10(15-8)7-12-5-9(6-12)4-11(13)14/h2-3,9H,4-7H2,1H3,(H,13,14). The number of rotatable bonds is 4. The highest BCUT2D eigenvalue weighted by Crippen LogP contribution is 2.24. The Morgan fingerprint density at radius 2 is 2.33 bits per heavy atom. The van der Waals surface area contributed by atoms with E-state index in [0.717, 1.165) is 19.6 Å². The average Bonchev–Trinajstić information content (AvgIpc) is 2.47. The van der Waals surface area contributed by atoms with Crippen LogP contribution in [0.3, 0.4) is 0 Å². The SMILES string of the molecule is Cc1ccc(CN2CC(CC(=O)O)C2)s1. The minimum atomic E-state index is -0.674. The quantitative estimate of drug-likeness (QED) is 0.851. The van der Waals surface area contributed by atoms with Gasteiger partial charge in [0.2, 0.25) is 0 Å². The summed E-state index contributed by atoms with van der Waals surface area (Å²) < 4.78 is 0. The zero-order valence-electron chi connectivity index (χ0n) is 8.77. The van der Waals surface area contributed by atoms with Crippen molar-refractivity contribution in [2.45, 2.75) is 19.9 Å². The second-order valence-electron chi connectivity index (χ2n) is 4.17. The van der Waals surface area contributed by atoms with Crippen LogP contribution in [0.4, 0.5) is 0 Å². The Morgan fingerprint density at radius 1 is 1.60 bits per heavy atom. The van der Waals surface area contributed by atoms with Crippen LogP contribution in [-0.2, 0) is 11.3 Å². The second-order valence-corrected chi connectivity index (χ2v) is 5.54. The van der Waals surface area contributed by atoms with Crippen molar-refractivity contribution in [2.24, 2.45) is 5.92 Å². The molecule has 0 atom stereocenters. The molecule has 2 heterocycles. The molecule has 0 saturated carbocycles. The Morgan fingerprint density at radius 3 is 2.87 bits per heavy atom. The molecule has 1 fully saturated rings. The summed E-state index contributed by atoms with van der Waals surface area (Å²) in [6.45, 7) is 4.96. The topological polar surface area (TPSA) is 40.5 Å². The van der Waals surface area contributed by atoms with Crippen LogP contribution < -0.4 is 0 Å². The Kier molecular flexibility index (Phi) is 3.07. The van der Waals surface area contributed by atoms with E-state index in [2.05, 4.69) is 24.0 Å². The van der Waals surface area contributed by atoms with Gasteiger partial charge in [0.1, 0.15) is 0 Å². The normalized spacial score (nSPS) is 17.7. The summed E-state index contributed by atoms with van der Waals surface area (Å²) >= 11 is 1.82. The maximum Gasteiger partial charge on any atom is 0.303 e. The van der Waals surface area contributed by atoms with Gasteiger partial charge in [0, 0.05) is 29.4 Å².